The van der Waals surface area contributed by atoms with Crippen LogP contribution in [0.15, 0.2) is 48.5 Å². The molecule has 138 valence electrons. The molecule has 0 aliphatic carbocycles. The fourth-order valence-electron chi connectivity index (χ4n) is 2.09. The first-order chi connectivity index (χ1) is 12.3. The number of methoxy groups -OCH3 is 2. The minimum atomic E-state index is -4.86. The van der Waals surface area contributed by atoms with Crippen LogP contribution in [-0.4, -0.2) is 26.5 Å². The predicted molar refractivity (Wildman–Crippen MR) is 90.3 cm³/mol. The molecule has 26 heavy (non-hydrogen) atoms. The zero-order valence-corrected chi connectivity index (χ0v) is 14.0. The van der Waals surface area contributed by atoms with E-state index in [1.807, 2.05) is 0 Å². The first kappa shape index (κ1) is 19.2. The second kappa shape index (κ2) is 8.28. The molecule has 0 fully saturated rings. The van der Waals surface area contributed by atoms with Gasteiger partial charge in [-0.15, -0.1) is 13.2 Å². The van der Waals surface area contributed by atoms with Crippen LogP contribution in [0.1, 0.15) is 5.56 Å². The van der Waals surface area contributed by atoms with Gasteiger partial charge in [0.1, 0.15) is 11.5 Å². The zero-order valence-electron chi connectivity index (χ0n) is 14.0. The van der Waals surface area contributed by atoms with Gasteiger partial charge in [0.25, 0.3) is 0 Å². The number of hydrogen-bond donors (Lipinski definition) is 1. The van der Waals surface area contributed by atoms with Crippen molar-refractivity contribution in [1.82, 2.24) is 0 Å². The molecule has 0 saturated heterocycles. The summed E-state index contributed by atoms with van der Waals surface area (Å²) in [5.41, 5.74) is 0.471. The third-order valence-electron chi connectivity index (χ3n) is 3.22. The smallest absolute Gasteiger partial charge is 0.497 e. The van der Waals surface area contributed by atoms with E-state index >= 15 is 0 Å². The van der Waals surface area contributed by atoms with Crippen molar-refractivity contribution in [2.75, 3.05) is 19.5 Å². The first-order valence-electron chi connectivity index (χ1n) is 7.38. The molecule has 0 bridgehead atoms. The summed E-state index contributed by atoms with van der Waals surface area (Å²) in [5.74, 6) is -0.0563. The summed E-state index contributed by atoms with van der Waals surface area (Å²) in [6.07, 6.45) is -2.23. The Kier molecular flexibility index (Phi) is 6.11. The van der Waals surface area contributed by atoms with E-state index < -0.39 is 18.0 Å². The standard InChI is InChI=1S/C18H16F3NO4/c1-24-13-8-9-15(25-2)12(11-13)7-10-17(23)22-14-5-3-4-6-16(14)26-18(19,20)21/h3-11H,1-2H3,(H,22,23)/b10-7+. The molecule has 0 radical (unpaired) electrons. The van der Waals surface area contributed by atoms with Gasteiger partial charge in [-0.25, -0.2) is 0 Å². The molecular weight excluding hydrogens is 351 g/mol. The summed E-state index contributed by atoms with van der Waals surface area (Å²) in [6.45, 7) is 0. The van der Waals surface area contributed by atoms with Gasteiger partial charge in [0, 0.05) is 11.6 Å². The summed E-state index contributed by atoms with van der Waals surface area (Å²) in [6, 6.07) is 10.3. The second-order valence-corrected chi connectivity index (χ2v) is 4.97. The molecule has 1 N–H and O–H groups in total. The lowest BCUT2D eigenvalue weighted by Gasteiger charge is -2.13. The number of para-hydroxylation sites is 2. The van der Waals surface area contributed by atoms with Crippen LogP contribution in [0.3, 0.4) is 0 Å². The number of rotatable bonds is 6. The quantitative estimate of drug-likeness (QED) is 0.776. The van der Waals surface area contributed by atoms with Gasteiger partial charge in [0.05, 0.1) is 19.9 Å². The second-order valence-electron chi connectivity index (χ2n) is 4.97. The Labute approximate surface area is 148 Å². The predicted octanol–water partition coefficient (Wildman–Crippen LogP) is 4.25. The number of carbonyl (C=O) groups excluding carboxylic acids is 1. The topological polar surface area (TPSA) is 56.8 Å². The minimum absolute atomic E-state index is 0.0999. The molecule has 0 saturated carbocycles. The maximum Gasteiger partial charge on any atom is 0.573 e. The summed E-state index contributed by atoms with van der Waals surface area (Å²) < 4.78 is 51.4. The van der Waals surface area contributed by atoms with Gasteiger partial charge < -0.3 is 19.5 Å². The molecule has 0 aromatic heterocycles. The van der Waals surface area contributed by atoms with Crippen molar-refractivity contribution in [1.29, 1.82) is 0 Å². The molecule has 1 amide bonds. The number of ether oxygens (including phenoxy) is 3. The third kappa shape index (κ3) is 5.44. The SMILES string of the molecule is COc1ccc(OC)c(/C=C/C(=O)Nc2ccccc2OC(F)(F)F)c1. The molecule has 5 nitrogen and oxygen atoms in total. The van der Waals surface area contributed by atoms with Crippen LogP contribution in [0.25, 0.3) is 6.08 Å². The monoisotopic (exact) mass is 367 g/mol. The van der Waals surface area contributed by atoms with Crippen LogP contribution < -0.4 is 19.5 Å². The Morgan fingerprint density at radius 3 is 2.42 bits per heavy atom. The van der Waals surface area contributed by atoms with Gasteiger partial charge in [-0.2, -0.15) is 0 Å². The van der Waals surface area contributed by atoms with E-state index in [1.165, 1.54) is 44.6 Å². The van der Waals surface area contributed by atoms with Crippen molar-refractivity contribution >= 4 is 17.7 Å². The normalized spacial score (nSPS) is 11.3. The Bertz CT molecular complexity index is 803. The molecule has 2 aromatic carbocycles. The first-order valence-corrected chi connectivity index (χ1v) is 7.38. The summed E-state index contributed by atoms with van der Waals surface area (Å²) in [7, 11) is 2.98. The Hall–Kier alpha value is -3.16. The molecular formula is C18H16F3NO4. The number of alkyl halides is 3. The van der Waals surface area contributed by atoms with Gasteiger partial charge >= 0.3 is 6.36 Å². The van der Waals surface area contributed by atoms with Crippen molar-refractivity contribution in [3.8, 4) is 17.2 Å². The number of nitrogens with one attached hydrogen (secondary N) is 1. The lowest BCUT2D eigenvalue weighted by atomic mass is 10.1. The average Bonchev–Trinajstić information content (AvgIpc) is 2.60. The van der Waals surface area contributed by atoms with Gasteiger partial charge in [-0.05, 0) is 36.4 Å². The van der Waals surface area contributed by atoms with Crippen LogP contribution in [0.5, 0.6) is 17.2 Å². The van der Waals surface area contributed by atoms with Gasteiger partial charge in [0.15, 0.2) is 5.75 Å². The molecule has 0 aliphatic heterocycles. The van der Waals surface area contributed by atoms with E-state index in [9.17, 15) is 18.0 Å². The molecule has 2 rings (SSSR count). The van der Waals surface area contributed by atoms with E-state index in [-0.39, 0.29) is 5.69 Å². The Morgan fingerprint density at radius 1 is 1.04 bits per heavy atom. The molecule has 2 aromatic rings. The molecule has 0 unspecified atom stereocenters. The molecule has 0 spiro atoms. The minimum Gasteiger partial charge on any atom is -0.497 e. The number of carbonyl (C=O) groups is 1. The van der Waals surface area contributed by atoms with Crippen LogP contribution in [-0.2, 0) is 4.79 Å². The third-order valence-corrected chi connectivity index (χ3v) is 3.22. The summed E-state index contributed by atoms with van der Waals surface area (Å²) >= 11 is 0. The fourth-order valence-corrected chi connectivity index (χ4v) is 2.09. The highest BCUT2D eigenvalue weighted by Gasteiger charge is 2.32. The number of halogens is 3. The number of hydrogen-bond acceptors (Lipinski definition) is 4. The van der Waals surface area contributed by atoms with Crippen molar-refractivity contribution in [2.45, 2.75) is 6.36 Å². The number of amides is 1. The number of anilines is 1. The highest BCUT2D eigenvalue weighted by molar-refractivity contribution is 6.03. The molecule has 0 atom stereocenters. The van der Waals surface area contributed by atoms with Crippen LogP contribution >= 0.6 is 0 Å². The highest BCUT2D eigenvalue weighted by Crippen LogP contribution is 2.30. The zero-order chi connectivity index (χ0) is 19.2. The van der Waals surface area contributed by atoms with Crippen molar-refractivity contribution in [2.24, 2.45) is 0 Å². The highest BCUT2D eigenvalue weighted by atomic mass is 19.4. The largest absolute Gasteiger partial charge is 0.573 e. The van der Waals surface area contributed by atoms with E-state index in [2.05, 4.69) is 10.1 Å². The van der Waals surface area contributed by atoms with Crippen molar-refractivity contribution in [3.63, 3.8) is 0 Å². The summed E-state index contributed by atoms with van der Waals surface area (Å²) in [5, 5.41) is 2.35. The molecule has 0 heterocycles. The van der Waals surface area contributed by atoms with Crippen LogP contribution in [0, 0.1) is 0 Å². The Balaban J connectivity index is 2.16. The molecule has 8 heteroatoms. The lowest BCUT2D eigenvalue weighted by molar-refractivity contribution is -0.274. The maximum atomic E-state index is 12.4. The molecule has 0 aliphatic rings. The fraction of sp³-hybridized carbons (Fsp3) is 0.167. The van der Waals surface area contributed by atoms with Gasteiger partial charge in [-0.1, -0.05) is 12.1 Å². The van der Waals surface area contributed by atoms with Crippen LogP contribution in [0.2, 0.25) is 0 Å². The lowest BCUT2D eigenvalue weighted by Crippen LogP contribution is -2.19. The van der Waals surface area contributed by atoms with Gasteiger partial charge in [0.2, 0.25) is 5.91 Å². The van der Waals surface area contributed by atoms with E-state index in [0.717, 1.165) is 6.07 Å². The maximum absolute atomic E-state index is 12.4. The van der Waals surface area contributed by atoms with E-state index in [4.69, 9.17) is 9.47 Å². The average molecular weight is 367 g/mol. The van der Waals surface area contributed by atoms with E-state index in [0.29, 0.717) is 17.1 Å². The Morgan fingerprint density at radius 2 is 1.77 bits per heavy atom. The number of benzene rings is 2. The van der Waals surface area contributed by atoms with E-state index in [1.54, 1.807) is 18.2 Å². The summed E-state index contributed by atoms with van der Waals surface area (Å²) in [4.78, 5) is 12.1. The van der Waals surface area contributed by atoms with Crippen LogP contribution in [0.4, 0.5) is 18.9 Å². The van der Waals surface area contributed by atoms with Crippen molar-refractivity contribution in [3.05, 3.63) is 54.1 Å². The van der Waals surface area contributed by atoms with Gasteiger partial charge in [-0.3, -0.25) is 4.79 Å². The van der Waals surface area contributed by atoms with Crippen molar-refractivity contribution < 1.29 is 32.2 Å².